The maximum Gasteiger partial charge on any atom is 0.0532 e. The van der Waals surface area contributed by atoms with Crippen LogP contribution in [0.3, 0.4) is 0 Å². The molecule has 0 bridgehead atoms. The van der Waals surface area contributed by atoms with E-state index < -0.39 is 0 Å². The van der Waals surface area contributed by atoms with Gasteiger partial charge >= 0.3 is 0 Å². The molecule has 1 aromatic carbocycles. The zero-order valence-corrected chi connectivity index (χ0v) is 10.7. The quantitative estimate of drug-likeness (QED) is 0.798. The van der Waals surface area contributed by atoms with E-state index in [1.165, 1.54) is 0 Å². The molecule has 0 saturated carbocycles. The first-order valence-electron chi connectivity index (χ1n) is 4.71. The summed E-state index contributed by atoms with van der Waals surface area (Å²) in [6.45, 7) is 0. The Morgan fingerprint density at radius 2 is 1.75 bits per heavy atom. The lowest BCUT2D eigenvalue weighted by atomic mass is 10.1. The smallest absolute Gasteiger partial charge is 0.0532 e. The van der Waals surface area contributed by atoms with Gasteiger partial charge in [-0.15, -0.1) is 0 Å². The molecule has 1 aromatic heterocycles. The minimum absolute atomic E-state index is 0.0649. The fourth-order valence-electron chi connectivity index (χ4n) is 1.46. The third-order valence-electron chi connectivity index (χ3n) is 2.20. The van der Waals surface area contributed by atoms with Gasteiger partial charge in [-0.1, -0.05) is 29.3 Å². The van der Waals surface area contributed by atoms with Crippen LogP contribution < -0.4 is 0 Å². The van der Waals surface area contributed by atoms with Gasteiger partial charge in [-0.25, -0.2) is 0 Å². The number of benzene rings is 1. The molecule has 16 heavy (non-hydrogen) atoms. The lowest BCUT2D eigenvalue weighted by Crippen LogP contribution is -1.94. The lowest BCUT2D eigenvalue weighted by molar-refractivity contribution is 1.13. The van der Waals surface area contributed by atoms with Crippen LogP contribution in [-0.4, -0.2) is 4.98 Å². The highest BCUT2D eigenvalue weighted by Crippen LogP contribution is 2.31. The Labute approximate surface area is 110 Å². The molecule has 2 rings (SSSR count). The Bertz CT molecular complexity index is 467. The molecule has 1 nitrogen and oxygen atoms in total. The predicted molar refractivity (Wildman–Crippen MR) is 71.5 cm³/mol. The molecule has 0 aliphatic rings. The second kappa shape index (κ2) is 5.09. The van der Waals surface area contributed by atoms with Crippen molar-refractivity contribution in [1.82, 2.24) is 4.98 Å². The van der Waals surface area contributed by atoms with Crippen LogP contribution in [0, 0.1) is 0 Å². The van der Waals surface area contributed by atoms with Crippen LogP contribution >= 0.6 is 35.8 Å². The maximum absolute atomic E-state index is 5.95. The number of halogens is 2. The van der Waals surface area contributed by atoms with Crippen molar-refractivity contribution >= 4 is 35.8 Å². The summed E-state index contributed by atoms with van der Waals surface area (Å²) in [5.74, 6) is 0. The van der Waals surface area contributed by atoms with Crippen LogP contribution in [-0.2, 0) is 0 Å². The van der Waals surface area contributed by atoms with Crippen molar-refractivity contribution in [1.29, 1.82) is 0 Å². The van der Waals surface area contributed by atoms with Crippen molar-refractivity contribution in [2.45, 2.75) is 5.25 Å². The van der Waals surface area contributed by atoms with Crippen molar-refractivity contribution in [2.24, 2.45) is 0 Å². The molecular weight excluding hydrogens is 261 g/mol. The molecule has 1 heterocycles. The maximum atomic E-state index is 5.95. The summed E-state index contributed by atoms with van der Waals surface area (Å²) in [5, 5.41) is 1.17. The molecule has 0 aliphatic heterocycles. The fourth-order valence-corrected chi connectivity index (χ4v) is 2.31. The Morgan fingerprint density at radius 1 is 1.06 bits per heavy atom. The molecule has 1 atom stereocenters. The molecule has 2 aromatic rings. The molecule has 0 aliphatic carbocycles. The van der Waals surface area contributed by atoms with E-state index >= 15 is 0 Å². The summed E-state index contributed by atoms with van der Waals surface area (Å²) in [6.07, 6.45) is 3.52. The molecule has 0 N–H and O–H groups in total. The van der Waals surface area contributed by atoms with Gasteiger partial charge in [0.05, 0.1) is 5.25 Å². The summed E-state index contributed by atoms with van der Waals surface area (Å²) in [7, 11) is 0. The first-order chi connectivity index (χ1) is 7.66. The highest BCUT2D eigenvalue weighted by Gasteiger charge is 2.10. The van der Waals surface area contributed by atoms with E-state index in [1.807, 2.05) is 24.3 Å². The number of hydrogen-bond donors (Lipinski definition) is 1. The third-order valence-corrected chi connectivity index (χ3v) is 3.23. The van der Waals surface area contributed by atoms with Crippen LogP contribution in [0.25, 0.3) is 0 Å². The Morgan fingerprint density at radius 3 is 2.31 bits per heavy atom. The first-order valence-corrected chi connectivity index (χ1v) is 5.98. The normalized spacial score (nSPS) is 12.4. The number of pyridine rings is 1. The fraction of sp³-hybridized carbons (Fsp3) is 0.0833. The highest BCUT2D eigenvalue weighted by molar-refractivity contribution is 7.80. The average Bonchev–Trinajstić information content (AvgIpc) is 2.28. The zero-order chi connectivity index (χ0) is 11.5. The van der Waals surface area contributed by atoms with E-state index in [4.69, 9.17) is 23.2 Å². The second-order valence-corrected chi connectivity index (χ2v) is 4.78. The predicted octanol–water partition coefficient (Wildman–Crippen LogP) is 4.41. The second-order valence-electron chi connectivity index (χ2n) is 3.39. The monoisotopic (exact) mass is 269 g/mol. The molecule has 0 saturated heterocycles. The van der Waals surface area contributed by atoms with Crippen molar-refractivity contribution in [3.05, 3.63) is 63.9 Å². The van der Waals surface area contributed by atoms with Crippen molar-refractivity contribution in [2.75, 3.05) is 0 Å². The molecule has 0 radical (unpaired) electrons. The highest BCUT2D eigenvalue weighted by atomic mass is 35.5. The summed E-state index contributed by atoms with van der Waals surface area (Å²) in [5.41, 5.74) is 1.98. The molecule has 4 heteroatoms. The molecule has 0 amide bonds. The Hall–Kier alpha value is -0.700. The van der Waals surface area contributed by atoms with Crippen LogP contribution in [0.5, 0.6) is 0 Å². The van der Waals surface area contributed by atoms with E-state index in [2.05, 4.69) is 17.6 Å². The Balaban J connectivity index is 2.37. The van der Waals surface area contributed by atoms with Gasteiger partial charge in [-0.3, -0.25) is 4.98 Å². The topological polar surface area (TPSA) is 12.9 Å². The zero-order valence-electron chi connectivity index (χ0n) is 8.27. The largest absolute Gasteiger partial charge is 0.264 e. The van der Waals surface area contributed by atoms with Crippen LogP contribution in [0.15, 0.2) is 42.7 Å². The molecule has 0 fully saturated rings. The minimum Gasteiger partial charge on any atom is -0.264 e. The van der Waals surface area contributed by atoms with Gasteiger partial charge in [0, 0.05) is 22.4 Å². The summed E-state index contributed by atoms with van der Waals surface area (Å²) >= 11 is 16.4. The third kappa shape index (κ3) is 2.70. The van der Waals surface area contributed by atoms with Crippen molar-refractivity contribution in [3.8, 4) is 0 Å². The van der Waals surface area contributed by atoms with Crippen molar-refractivity contribution in [3.63, 3.8) is 0 Å². The average molecular weight is 270 g/mol. The van der Waals surface area contributed by atoms with Gasteiger partial charge in [0.25, 0.3) is 0 Å². The molecular formula is C12H9Cl2NS. The number of aromatic nitrogens is 1. The number of hydrogen-bond acceptors (Lipinski definition) is 2. The van der Waals surface area contributed by atoms with Gasteiger partial charge in [0.1, 0.15) is 0 Å². The minimum atomic E-state index is -0.0649. The van der Waals surface area contributed by atoms with Crippen molar-refractivity contribution < 1.29 is 0 Å². The van der Waals surface area contributed by atoms with Gasteiger partial charge in [0.2, 0.25) is 0 Å². The van der Waals surface area contributed by atoms with E-state index in [-0.39, 0.29) is 5.25 Å². The summed E-state index contributed by atoms with van der Waals surface area (Å²) in [6, 6.07) is 9.27. The van der Waals surface area contributed by atoms with Crippen LogP contribution in [0.4, 0.5) is 0 Å². The van der Waals surface area contributed by atoms with Crippen LogP contribution in [0.1, 0.15) is 16.4 Å². The SMILES string of the molecule is SC(c1cccnc1)c1cc(Cl)cc(Cl)c1. The summed E-state index contributed by atoms with van der Waals surface area (Å²) in [4.78, 5) is 4.06. The first kappa shape index (κ1) is 11.8. The van der Waals surface area contributed by atoms with E-state index in [0.717, 1.165) is 11.1 Å². The van der Waals surface area contributed by atoms with Gasteiger partial charge in [0.15, 0.2) is 0 Å². The number of rotatable bonds is 2. The standard InChI is InChI=1S/C12H9Cl2NS/c13-10-4-9(5-11(14)6-10)12(16)8-2-1-3-15-7-8/h1-7,12,16H. The number of nitrogens with zero attached hydrogens (tertiary/aromatic N) is 1. The van der Waals surface area contributed by atoms with Crippen LogP contribution in [0.2, 0.25) is 10.0 Å². The lowest BCUT2D eigenvalue weighted by Gasteiger charge is -2.11. The van der Waals surface area contributed by atoms with E-state index in [1.54, 1.807) is 18.5 Å². The number of thiol groups is 1. The van der Waals surface area contributed by atoms with E-state index in [0.29, 0.717) is 10.0 Å². The molecule has 82 valence electrons. The van der Waals surface area contributed by atoms with Gasteiger partial charge < -0.3 is 0 Å². The summed E-state index contributed by atoms with van der Waals surface area (Å²) < 4.78 is 0. The van der Waals surface area contributed by atoms with Gasteiger partial charge in [-0.2, -0.15) is 12.6 Å². The molecule has 0 spiro atoms. The molecule has 1 unspecified atom stereocenters. The van der Waals surface area contributed by atoms with Gasteiger partial charge in [-0.05, 0) is 35.4 Å². The Kier molecular flexibility index (Phi) is 3.74. The van der Waals surface area contributed by atoms with E-state index in [9.17, 15) is 0 Å².